The first kappa shape index (κ1) is 11.6. The number of amides is 2. The third-order valence-corrected chi connectivity index (χ3v) is 2.58. The van der Waals surface area contributed by atoms with Gasteiger partial charge in [0.25, 0.3) is 5.91 Å². The summed E-state index contributed by atoms with van der Waals surface area (Å²) in [5.74, 6) is -0.0882. The van der Waals surface area contributed by atoms with Crippen molar-refractivity contribution in [3.8, 4) is 0 Å². The number of nitrogens with zero attached hydrogens (tertiary/aromatic N) is 1. The molecule has 0 aliphatic carbocycles. The second-order valence-corrected chi connectivity index (χ2v) is 4.32. The van der Waals surface area contributed by atoms with E-state index in [2.05, 4.69) is 10.6 Å². The Morgan fingerprint density at radius 3 is 2.76 bits per heavy atom. The first-order valence-corrected chi connectivity index (χ1v) is 5.46. The van der Waals surface area contributed by atoms with E-state index in [1.807, 2.05) is 19.0 Å². The molecule has 0 radical (unpaired) electrons. The fourth-order valence-electron chi connectivity index (χ4n) is 1.60. The minimum Gasteiger partial charge on any atom is -0.326 e. The third kappa shape index (κ3) is 2.62. The lowest BCUT2D eigenvalue weighted by Crippen LogP contribution is -2.25. The second-order valence-electron chi connectivity index (χ2n) is 4.32. The molecule has 1 aliphatic heterocycles. The van der Waals surface area contributed by atoms with Crippen LogP contribution in [-0.2, 0) is 4.79 Å². The maximum absolute atomic E-state index is 11.6. The maximum atomic E-state index is 11.6. The molecule has 5 nitrogen and oxygen atoms in total. The van der Waals surface area contributed by atoms with E-state index in [1.54, 1.807) is 18.2 Å². The zero-order valence-electron chi connectivity index (χ0n) is 9.91. The van der Waals surface area contributed by atoms with E-state index in [0.29, 0.717) is 24.2 Å². The van der Waals surface area contributed by atoms with Crippen molar-refractivity contribution in [3.63, 3.8) is 0 Å². The number of nitrogens with one attached hydrogen (secondary N) is 2. The van der Waals surface area contributed by atoms with Gasteiger partial charge in [-0.2, -0.15) is 0 Å². The predicted molar refractivity (Wildman–Crippen MR) is 66.2 cm³/mol. The summed E-state index contributed by atoms with van der Waals surface area (Å²) < 4.78 is 0. The second kappa shape index (κ2) is 4.55. The SMILES string of the molecule is CN(C)CCC(=O)Nc1ccc2c(c1)NC2=O. The van der Waals surface area contributed by atoms with Crippen LogP contribution in [0.25, 0.3) is 0 Å². The summed E-state index contributed by atoms with van der Waals surface area (Å²) in [7, 11) is 3.85. The highest BCUT2D eigenvalue weighted by molar-refractivity contribution is 6.18. The van der Waals surface area contributed by atoms with Gasteiger partial charge >= 0.3 is 0 Å². The Morgan fingerprint density at radius 1 is 1.41 bits per heavy atom. The highest BCUT2D eigenvalue weighted by Crippen LogP contribution is 2.28. The summed E-state index contributed by atoms with van der Waals surface area (Å²) in [6, 6.07) is 5.23. The van der Waals surface area contributed by atoms with E-state index in [9.17, 15) is 9.59 Å². The molecule has 1 heterocycles. The van der Waals surface area contributed by atoms with Crippen LogP contribution in [0.5, 0.6) is 0 Å². The Morgan fingerprint density at radius 2 is 2.18 bits per heavy atom. The summed E-state index contributed by atoms with van der Waals surface area (Å²) >= 11 is 0. The minimum absolute atomic E-state index is 0.0238. The molecule has 5 heteroatoms. The molecule has 0 unspecified atom stereocenters. The smallest absolute Gasteiger partial charge is 0.257 e. The van der Waals surface area contributed by atoms with Gasteiger partial charge in [-0.1, -0.05) is 0 Å². The number of hydrogen-bond acceptors (Lipinski definition) is 3. The van der Waals surface area contributed by atoms with E-state index in [1.165, 1.54) is 0 Å². The molecule has 0 aromatic heterocycles. The average molecular weight is 233 g/mol. The van der Waals surface area contributed by atoms with E-state index in [4.69, 9.17) is 0 Å². The lowest BCUT2D eigenvalue weighted by atomic mass is 10.1. The molecule has 1 aromatic rings. The molecule has 0 bridgehead atoms. The topological polar surface area (TPSA) is 61.4 Å². The van der Waals surface area contributed by atoms with Gasteiger partial charge in [0.05, 0.1) is 11.3 Å². The fourth-order valence-corrected chi connectivity index (χ4v) is 1.60. The Balaban J connectivity index is 1.93. The van der Waals surface area contributed by atoms with Crippen LogP contribution in [0.15, 0.2) is 18.2 Å². The van der Waals surface area contributed by atoms with Gasteiger partial charge in [0.15, 0.2) is 0 Å². The molecule has 0 saturated carbocycles. The average Bonchev–Trinajstić information content (AvgIpc) is 2.25. The van der Waals surface area contributed by atoms with Gasteiger partial charge in [-0.25, -0.2) is 0 Å². The van der Waals surface area contributed by atoms with Crippen molar-refractivity contribution in [1.82, 2.24) is 4.90 Å². The van der Waals surface area contributed by atoms with Crippen LogP contribution in [0.3, 0.4) is 0 Å². The van der Waals surface area contributed by atoms with Crippen LogP contribution >= 0.6 is 0 Å². The quantitative estimate of drug-likeness (QED) is 0.819. The summed E-state index contributed by atoms with van der Waals surface area (Å²) in [5, 5.41) is 5.45. The van der Waals surface area contributed by atoms with Crippen molar-refractivity contribution in [1.29, 1.82) is 0 Å². The van der Waals surface area contributed by atoms with Gasteiger partial charge < -0.3 is 15.5 Å². The van der Waals surface area contributed by atoms with Crippen molar-refractivity contribution < 1.29 is 9.59 Å². The van der Waals surface area contributed by atoms with Gasteiger partial charge in [0, 0.05) is 18.7 Å². The first-order valence-electron chi connectivity index (χ1n) is 5.46. The van der Waals surface area contributed by atoms with Gasteiger partial charge in [-0.15, -0.1) is 0 Å². The number of anilines is 2. The van der Waals surface area contributed by atoms with Crippen LogP contribution in [-0.4, -0.2) is 37.4 Å². The molecule has 1 aliphatic rings. The fraction of sp³-hybridized carbons (Fsp3) is 0.333. The molecule has 90 valence electrons. The van der Waals surface area contributed by atoms with Crippen LogP contribution in [0, 0.1) is 0 Å². The molecular weight excluding hydrogens is 218 g/mol. The molecule has 2 rings (SSSR count). The standard InChI is InChI=1S/C12H15N3O2/c1-15(2)6-5-11(16)13-8-3-4-9-10(7-8)14-12(9)17/h3-4,7H,5-6H2,1-2H3,(H,13,16)(H,14,17). The molecule has 17 heavy (non-hydrogen) atoms. The Hall–Kier alpha value is -1.88. The van der Waals surface area contributed by atoms with Gasteiger partial charge in [0.1, 0.15) is 0 Å². The van der Waals surface area contributed by atoms with Crippen molar-refractivity contribution in [2.45, 2.75) is 6.42 Å². The normalized spacial score (nSPS) is 12.8. The lowest BCUT2D eigenvalue weighted by Gasteiger charge is -2.20. The van der Waals surface area contributed by atoms with E-state index in [-0.39, 0.29) is 11.8 Å². The van der Waals surface area contributed by atoms with Crippen LogP contribution in [0.4, 0.5) is 11.4 Å². The molecule has 0 saturated heterocycles. The van der Waals surface area contributed by atoms with Gasteiger partial charge in [-0.3, -0.25) is 9.59 Å². The molecule has 1 aromatic carbocycles. The van der Waals surface area contributed by atoms with E-state index < -0.39 is 0 Å². The lowest BCUT2D eigenvalue weighted by molar-refractivity contribution is -0.116. The van der Waals surface area contributed by atoms with Crippen molar-refractivity contribution in [3.05, 3.63) is 23.8 Å². The molecule has 2 amide bonds. The van der Waals surface area contributed by atoms with Crippen molar-refractivity contribution >= 4 is 23.2 Å². The number of fused-ring (bicyclic) bond motifs is 1. The Bertz CT molecular complexity index is 469. The molecule has 0 atom stereocenters. The monoisotopic (exact) mass is 233 g/mol. The molecular formula is C12H15N3O2. The van der Waals surface area contributed by atoms with Crippen LogP contribution in [0.2, 0.25) is 0 Å². The zero-order chi connectivity index (χ0) is 12.4. The van der Waals surface area contributed by atoms with Crippen molar-refractivity contribution in [2.24, 2.45) is 0 Å². The van der Waals surface area contributed by atoms with Crippen LogP contribution < -0.4 is 10.6 Å². The third-order valence-electron chi connectivity index (χ3n) is 2.58. The number of benzene rings is 1. The van der Waals surface area contributed by atoms with Gasteiger partial charge in [-0.05, 0) is 32.3 Å². The minimum atomic E-state index is -0.0644. The highest BCUT2D eigenvalue weighted by Gasteiger charge is 2.22. The molecule has 2 N–H and O–H groups in total. The largest absolute Gasteiger partial charge is 0.326 e. The van der Waals surface area contributed by atoms with Crippen LogP contribution in [0.1, 0.15) is 16.8 Å². The first-order chi connectivity index (χ1) is 8.06. The summed E-state index contributed by atoms with van der Waals surface area (Å²) in [5.41, 5.74) is 2.17. The molecule has 0 spiro atoms. The van der Waals surface area contributed by atoms with E-state index >= 15 is 0 Å². The van der Waals surface area contributed by atoms with E-state index in [0.717, 1.165) is 5.69 Å². The number of rotatable bonds is 4. The highest BCUT2D eigenvalue weighted by atomic mass is 16.2. The summed E-state index contributed by atoms with van der Waals surface area (Å²) in [6.07, 6.45) is 0.455. The zero-order valence-corrected chi connectivity index (χ0v) is 9.91. The predicted octanol–water partition coefficient (Wildman–Crippen LogP) is 1.14. The maximum Gasteiger partial charge on any atom is 0.257 e. The van der Waals surface area contributed by atoms with Crippen molar-refractivity contribution in [2.75, 3.05) is 31.3 Å². The number of hydrogen-bond donors (Lipinski definition) is 2. The Kier molecular flexibility index (Phi) is 3.10. The number of carbonyl (C=O) groups is 2. The summed E-state index contributed by atoms with van der Waals surface area (Å²) in [6.45, 7) is 0.716. The molecule has 0 fully saturated rings. The number of carbonyl (C=O) groups excluding carboxylic acids is 2. The summed E-state index contributed by atoms with van der Waals surface area (Å²) in [4.78, 5) is 24.6. The Labute approximate surface area is 99.8 Å². The van der Waals surface area contributed by atoms with Gasteiger partial charge in [0.2, 0.25) is 5.91 Å².